The smallest absolute Gasteiger partial charge is 0.227 e. The number of likely N-dealkylation sites (tertiary alicyclic amines) is 1. The van der Waals surface area contributed by atoms with Gasteiger partial charge in [-0.25, -0.2) is 0 Å². The molecular weight excluding hydrogens is 340 g/mol. The van der Waals surface area contributed by atoms with Gasteiger partial charge in [-0.05, 0) is 43.2 Å². The lowest BCUT2D eigenvalue weighted by atomic mass is 9.94. The molecule has 1 amide bonds. The van der Waals surface area contributed by atoms with E-state index >= 15 is 0 Å². The maximum atomic E-state index is 12.9. The number of nitrogens with zero attached hydrogens (tertiary/aromatic N) is 3. The van der Waals surface area contributed by atoms with Gasteiger partial charge in [-0.2, -0.15) is 4.98 Å². The van der Waals surface area contributed by atoms with Gasteiger partial charge < -0.3 is 14.4 Å². The summed E-state index contributed by atoms with van der Waals surface area (Å²) < 4.78 is 5.43. The van der Waals surface area contributed by atoms with Gasteiger partial charge in [0.1, 0.15) is 0 Å². The molecule has 6 nitrogen and oxygen atoms in total. The predicted molar refractivity (Wildman–Crippen MR) is 101 cm³/mol. The van der Waals surface area contributed by atoms with Crippen LogP contribution in [0.4, 0.5) is 0 Å². The van der Waals surface area contributed by atoms with Crippen LogP contribution in [-0.4, -0.2) is 39.0 Å². The molecule has 0 bridgehead atoms. The molecule has 1 aromatic carbocycles. The molecule has 6 heteroatoms. The highest BCUT2D eigenvalue weighted by Crippen LogP contribution is 2.38. The molecule has 2 aliphatic rings. The molecule has 3 heterocycles. The van der Waals surface area contributed by atoms with Crippen LogP contribution in [0.2, 0.25) is 0 Å². The average Bonchev–Trinajstić information content (AvgIpc) is 3.32. The Morgan fingerprint density at radius 1 is 1.26 bits per heavy atom. The number of hydrogen-bond donors (Lipinski definition) is 1. The van der Waals surface area contributed by atoms with Crippen LogP contribution < -0.4 is 0 Å². The first kappa shape index (κ1) is 16.5. The zero-order valence-corrected chi connectivity index (χ0v) is 15.4. The van der Waals surface area contributed by atoms with Crippen molar-refractivity contribution in [2.75, 3.05) is 13.1 Å². The highest BCUT2D eigenvalue weighted by atomic mass is 16.5. The van der Waals surface area contributed by atoms with E-state index in [2.05, 4.69) is 21.2 Å². The summed E-state index contributed by atoms with van der Waals surface area (Å²) in [6.07, 6.45) is 7.69. The van der Waals surface area contributed by atoms with Crippen LogP contribution in [-0.2, 0) is 17.6 Å². The molecule has 3 aromatic rings. The summed E-state index contributed by atoms with van der Waals surface area (Å²) in [5, 5.41) is 5.24. The SMILES string of the molecule is O=C(Cc1c[nH]c2ccccc12)N1CCCC(Cc2nc(C3CC3)no2)C1. The number of para-hydroxylation sites is 1. The highest BCUT2D eigenvalue weighted by Gasteiger charge is 2.30. The van der Waals surface area contributed by atoms with E-state index in [1.165, 1.54) is 12.8 Å². The minimum absolute atomic E-state index is 0.202. The Morgan fingerprint density at radius 2 is 2.15 bits per heavy atom. The summed E-state index contributed by atoms with van der Waals surface area (Å²) in [4.78, 5) is 22.7. The first-order valence-electron chi connectivity index (χ1n) is 9.91. The number of H-pyrrole nitrogens is 1. The van der Waals surface area contributed by atoms with Crippen molar-refractivity contribution < 1.29 is 9.32 Å². The molecule has 5 rings (SSSR count). The van der Waals surface area contributed by atoms with Gasteiger partial charge in [-0.3, -0.25) is 4.79 Å². The lowest BCUT2D eigenvalue weighted by Crippen LogP contribution is -2.41. The van der Waals surface area contributed by atoms with Crippen LogP contribution in [0.1, 0.15) is 48.9 Å². The van der Waals surface area contributed by atoms with Crippen molar-refractivity contribution in [1.82, 2.24) is 20.0 Å². The van der Waals surface area contributed by atoms with E-state index in [0.29, 0.717) is 18.3 Å². The molecular formula is C21H24N4O2. The monoisotopic (exact) mass is 364 g/mol. The third kappa shape index (κ3) is 3.48. The Hall–Kier alpha value is -2.63. The third-order valence-electron chi connectivity index (χ3n) is 5.78. The molecule has 27 heavy (non-hydrogen) atoms. The maximum absolute atomic E-state index is 12.9. The molecule has 140 valence electrons. The third-order valence-corrected chi connectivity index (χ3v) is 5.78. The molecule has 2 aromatic heterocycles. The number of fused-ring (bicyclic) bond motifs is 1. The van der Waals surface area contributed by atoms with Gasteiger partial charge in [0.2, 0.25) is 11.8 Å². The second-order valence-electron chi connectivity index (χ2n) is 7.91. The van der Waals surface area contributed by atoms with Crippen LogP contribution >= 0.6 is 0 Å². The van der Waals surface area contributed by atoms with Crippen molar-refractivity contribution in [3.8, 4) is 0 Å². The fraction of sp³-hybridized carbons (Fsp3) is 0.476. The summed E-state index contributed by atoms with van der Waals surface area (Å²) in [5.41, 5.74) is 2.16. The fourth-order valence-electron chi connectivity index (χ4n) is 4.12. The Morgan fingerprint density at radius 3 is 3.04 bits per heavy atom. The molecule has 1 aliphatic carbocycles. The van der Waals surface area contributed by atoms with Gasteiger partial charge in [0.05, 0.1) is 6.42 Å². The molecule has 1 atom stereocenters. The number of benzene rings is 1. The number of rotatable bonds is 5. The summed E-state index contributed by atoms with van der Waals surface area (Å²) in [6.45, 7) is 1.62. The topological polar surface area (TPSA) is 75.0 Å². The van der Waals surface area contributed by atoms with Crippen LogP contribution in [0.3, 0.4) is 0 Å². The van der Waals surface area contributed by atoms with Gasteiger partial charge >= 0.3 is 0 Å². The Bertz CT molecular complexity index is 956. The number of amides is 1. The summed E-state index contributed by atoms with van der Waals surface area (Å²) in [7, 11) is 0. The van der Waals surface area contributed by atoms with Crippen molar-refractivity contribution in [1.29, 1.82) is 0 Å². The van der Waals surface area contributed by atoms with E-state index in [0.717, 1.165) is 60.5 Å². The summed E-state index contributed by atoms with van der Waals surface area (Å²) in [5.74, 6) is 2.72. The minimum atomic E-state index is 0.202. The molecule has 0 spiro atoms. The lowest BCUT2D eigenvalue weighted by Gasteiger charge is -2.32. The van der Waals surface area contributed by atoms with Crippen molar-refractivity contribution in [2.24, 2.45) is 5.92 Å². The number of carbonyl (C=O) groups is 1. The average molecular weight is 364 g/mol. The highest BCUT2D eigenvalue weighted by molar-refractivity contribution is 5.88. The molecule has 1 saturated heterocycles. The number of aromatic nitrogens is 3. The largest absolute Gasteiger partial charge is 0.361 e. The first-order valence-corrected chi connectivity index (χ1v) is 9.91. The quantitative estimate of drug-likeness (QED) is 0.752. The van der Waals surface area contributed by atoms with Crippen molar-refractivity contribution >= 4 is 16.8 Å². The predicted octanol–water partition coefficient (Wildman–Crippen LogP) is 3.45. The van der Waals surface area contributed by atoms with E-state index in [1.54, 1.807) is 0 Å². The van der Waals surface area contributed by atoms with Gasteiger partial charge in [-0.1, -0.05) is 23.4 Å². The van der Waals surface area contributed by atoms with E-state index in [9.17, 15) is 4.79 Å². The Labute approximate surface area is 157 Å². The molecule has 1 aliphatic heterocycles. The van der Waals surface area contributed by atoms with Crippen molar-refractivity contribution in [2.45, 2.75) is 44.4 Å². The number of piperidine rings is 1. The van der Waals surface area contributed by atoms with Gasteiger partial charge in [0.25, 0.3) is 0 Å². The van der Waals surface area contributed by atoms with E-state index in [4.69, 9.17) is 4.52 Å². The molecule has 1 unspecified atom stereocenters. The zero-order valence-electron chi connectivity index (χ0n) is 15.4. The van der Waals surface area contributed by atoms with Crippen LogP contribution in [0.15, 0.2) is 35.0 Å². The van der Waals surface area contributed by atoms with Gasteiger partial charge in [0.15, 0.2) is 5.82 Å². The second-order valence-corrected chi connectivity index (χ2v) is 7.91. The molecule has 2 fully saturated rings. The number of carbonyl (C=O) groups excluding carboxylic acids is 1. The standard InChI is InChI=1S/C21H24N4O2/c26-20(11-16-12-22-18-6-2-1-5-17(16)18)25-9-3-4-14(13-25)10-19-23-21(24-27-19)15-7-8-15/h1-2,5-6,12,14-15,22H,3-4,7-11,13H2. The Balaban J connectivity index is 1.22. The van der Waals surface area contributed by atoms with E-state index in [1.807, 2.05) is 29.3 Å². The van der Waals surface area contributed by atoms with Crippen molar-refractivity contribution in [3.63, 3.8) is 0 Å². The number of aromatic amines is 1. The van der Waals surface area contributed by atoms with Gasteiger partial charge in [0, 0.05) is 42.5 Å². The molecule has 1 saturated carbocycles. The number of hydrogen-bond acceptors (Lipinski definition) is 4. The minimum Gasteiger partial charge on any atom is -0.361 e. The number of nitrogens with one attached hydrogen (secondary N) is 1. The molecule has 0 radical (unpaired) electrons. The first-order chi connectivity index (χ1) is 13.3. The van der Waals surface area contributed by atoms with Crippen LogP contribution in [0.25, 0.3) is 10.9 Å². The zero-order chi connectivity index (χ0) is 18.2. The second kappa shape index (κ2) is 6.83. The van der Waals surface area contributed by atoms with Crippen LogP contribution in [0.5, 0.6) is 0 Å². The van der Waals surface area contributed by atoms with Crippen LogP contribution in [0, 0.1) is 5.92 Å². The molecule has 1 N–H and O–H groups in total. The normalized spacial score (nSPS) is 20.3. The Kier molecular flexibility index (Phi) is 4.19. The van der Waals surface area contributed by atoms with E-state index < -0.39 is 0 Å². The maximum Gasteiger partial charge on any atom is 0.227 e. The summed E-state index contributed by atoms with van der Waals surface area (Å²) >= 11 is 0. The lowest BCUT2D eigenvalue weighted by molar-refractivity contribution is -0.132. The van der Waals surface area contributed by atoms with Gasteiger partial charge in [-0.15, -0.1) is 0 Å². The van der Waals surface area contributed by atoms with Crippen molar-refractivity contribution in [3.05, 3.63) is 47.7 Å². The van der Waals surface area contributed by atoms with E-state index in [-0.39, 0.29) is 5.91 Å². The summed E-state index contributed by atoms with van der Waals surface area (Å²) in [6, 6.07) is 8.13. The fourth-order valence-corrected chi connectivity index (χ4v) is 4.12.